The topological polar surface area (TPSA) is 0 Å². The Morgan fingerprint density at radius 2 is 2.00 bits per heavy atom. The zero-order chi connectivity index (χ0) is 5.11. The van der Waals surface area contributed by atoms with E-state index in [1.807, 2.05) is 0 Å². The number of rotatable bonds is 1. The average Bonchev–Trinajstić information content (AvgIpc) is 2.14. The van der Waals surface area contributed by atoms with Gasteiger partial charge in [-0.15, -0.1) is 6.42 Å². The average molecular weight is 227 g/mol. The van der Waals surface area contributed by atoms with E-state index in [0.717, 1.165) is 12.8 Å². The molecule has 0 saturated carbocycles. The summed E-state index contributed by atoms with van der Waals surface area (Å²) >= 11 is 0. The van der Waals surface area contributed by atoms with Crippen LogP contribution in [0.1, 0.15) is 19.8 Å². The van der Waals surface area contributed by atoms with Gasteiger partial charge in [0.25, 0.3) is 0 Å². The van der Waals surface area contributed by atoms with E-state index in [2.05, 4.69) is 25.2 Å². The Kier molecular flexibility index (Phi) is 27.5. The molecule has 0 bridgehead atoms. The Hall–Kier alpha value is 0.774. The second-order valence-corrected chi connectivity index (χ2v) is 1.69. The van der Waals surface area contributed by atoms with Crippen LogP contribution in [0.4, 0.5) is 0 Å². The molecule has 0 atom stereocenters. The summed E-state index contributed by atoms with van der Waals surface area (Å²) in [6.45, 7) is 2.16. The summed E-state index contributed by atoms with van der Waals surface area (Å²) in [5.41, 5.74) is 1.43. The summed E-state index contributed by atoms with van der Waals surface area (Å²) in [7, 11) is 0. The third-order valence-electron chi connectivity index (χ3n) is 1.18. The summed E-state index contributed by atoms with van der Waals surface area (Å²) in [4.78, 5) is 0. The Labute approximate surface area is 97.2 Å². The zero-order valence-electron chi connectivity index (χ0n) is 6.82. The van der Waals surface area contributed by atoms with Crippen molar-refractivity contribution in [3.8, 4) is 0 Å². The molecule has 0 unspecified atom stereocenters. The Bertz CT molecular complexity index is 119. The first kappa shape index (κ1) is 22.6. The van der Waals surface area contributed by atoms with Gasteiger partial charge in [-0.25, -0.2) is 11.6 Å². The molecule has 1 aliphatic rings. The Morgan fingerprint density at radius 1 is 1.45 bits per heavy atom. The molecule has 1 rings (SSSR count). The molecule has 0 aromatic rings. The van der Waals surface area contributed by atoms with Crippen LogP contribution < -0.4 is 24.8 Å². The number of hydrogen-bond acceptors (Lipinski definition) is 0. The van der Waals surface area contributed by atoms with E-state index < -0.39 is 0 Å². The molecule has 0 spiro atoms. The molecule has 0 saturated heterocycles. The predicted octanol–water partition coefficient (Wildman–Crippen LogP) is -3.46. The molecule has 0 aromatic heterocycles. The molecular weight excluding hydrogens is 215 g/mol. The van der Waals surface area contributed by atoms with Crippen molar-refractivity contribution in [2.24, 2.45) is 0 Å². The summed E-state index contributed by atoms with van der Waals surface area (Å²) in [6, 6.07) is 0. The first-order valence-electron chi connectivity index (χ1n) is 2.69. The summed E-state index contributed by atoms with van der Waals surface area (Å²) in [6.07, 6.45) is 9.57. The normalized spacial score (nSPS) is 11.2. The molecule has 0 aromatic carbocycles. The summed E-state index contributed by atoms with van der Waals surface area (Å²) in [5.74, 6) is 0. The minimum Gasteiger partial charge on any atom is -1.00 e. The van der Waals surface area contributed by atoms with E-state index in [9.17, 15) is 0 Å². The summed E-state index contributed by atoms with van der Waals surface area (Å²) in [5, 5.41) is 0. The van der Waals surface area contributed by atoms with Gasteiger partial charge < -0.3 is 32.2 Å². The van der Waals surface area contributed by atoms with Gasteiger partial charge in [0.15, 0.2) is 0 Å². The van der Waals surface area contributed by atoms with Crippen molar-refractivity contribution < 1.29 is 46.5 Å². The van der Waals surface area contributed by atoms with E-state index >= 15 is 0 Å². The first-order valence-corrected chi connectivity index (χ1v) is 2.69. The van der Waals surface area contributed by atoms with Crippen molar-refractivity contribution in [1.82, 2.24) is 0 Å². The van der Waals surface area contributed by atoms with Gasteiger partial charge in [0, 0.05) is 0 Å². The minimum absolute atomic E-state index is 0. The van der Waals surface area contributed by atoms with Gasteiger partial charge in [-0.1, -0.05) is 13.3 Å². The van der Waals surface area contributed by atoms with Gasteiger partial charge in [0.2, 0.25) is 0 Å². The van der Waals surface area contributed by atoms with Crippen LogP contribution >= 0.6 is 0 Å². The molecule has 0 aliphatic heterocycles. The molecular formula is C8H12Cl2Ti. The van der Waals surface area contributed by atoms with Crippen molar-refractivity contribution >= 4 is 0 Å². The van der Waals surface area contributed by atoms with Crippen LogP contribution in [0.25, 0.3) is 0 Å². The van der Waals surface area contributed by atoms with Crippen LogP contribution in [-0.4, -0.2) is 0 Å². The Balaban J connectivity index is -0.0000000612. The van der Waals surface area contributed by atoms with Crippen molar-refractivity contribution in [3.05, 3.63) is 31.2 Å². The smallest absolute Gasteiger partial charge is 1.00 e. The van der Waals surface area contributed by atoms with Crippen molar-refractivity contribution in [3.63, 3.8) is 0 Å². The standard InChI is InChI=1S/C7H9.CH3.2ClH.Ti/c1-2-7-5-3-4-6-7;;;;/h5-6H,2-3H2,1H3;1H3;2*1H;/q2*-1;;;+4/p-2. The number of allylic oxidation sites excluding steroid dienone is 4. The van der Waals surface area contributed by atoms with Crippen molar-refractivity contribution in [1.29, 1.82) is 0 Å². The molecule has 1 aliphatic carbocycles. The van der Waals surface area contributed by atoms with Crippen LogP contribution in [0.5, 0.6) is 0 Å². The molecule has 0 N–H and O–H groups in total. The molecule has 0 fully saturated rings. The van der Waals surface area contributed by atoms with Gasteiger partial charge >= 0.3 is 21.7 Å². The van der Waals surface area contributed by atoms with Crippen molar-refractivity contribution in [2.45, 2.75) is 19.8 Å². The largest absolute Gasteiger partial charge is 4.00 e. The fourth-order valence-corrected chi connectivity index (χ4v) is 0.685. The number of halogens is 2. The minimum atomic E-state index is 0. The van der Waals surface area contributed by atoms with E-state index in [1.54, 1.807) is 0 Å². The van der Waals surface area contributed by atoms with E-state index in [0.29, 0.717) is 0 Å². The number of hydrogen-bond donors (Lipinski definition) is 0. The molecule has 11 heavy (non-hydrogen) atoms. The third-order valence-corrected chi connectivity index (χ3v) is 1.18. The van der Waals surface area contributed by atoms with E-state index in [-0.39, 0.29) is 54.0 Å². The maximum Gasteiger partial charge on any atom is 4.00 e. The SMILES string of the molecule is CCC1=CC[C-]=C1.[CH3-].[Cl-].[Cl-].[Ti+4]. The van der Waals surface area contributed by atoms with Gasteiger partial charge in [-0.2, -0.15) is 6.08 Å². The maximum absolute atomic E-state index is 3.11. The van der Waals surface area contributed by atoms with Crippen LogP contribution in [0.2, 0.25) is 0 Å². The molecule has 0 amide bonds. The second kappa shape index (κ2) is 13.4. The van der Waals surface area contributed by atoms with Crippen molar-refractivity contribution in [2.75, 3.05) is 0 Å². The van der Waals surface area contributed by atoms with Gasteiger partial charge in [0.05, 0.1) is 0 Å². The monoisotopic (exact) mass is 226 g/mol. The molecule has 0 heterocycles. The van der Waals surface area contributed by atoms with Gasteiger partial charge in [-0.05, 0) is 0 Å². The fourth-order valence-electron chi connectivity index (χ4n) is 0.685. The fraction of sp³-hybridized carbons (Fsp3) is 0.375. The van der Waals surface area contributed by atoms with E-state index in [1.165, 1.54) is 5.57 Å². The van der Waals surface area contributed by atoms with Crippen LogP contribution in [0, 0.1) is 13.5 Å². The molecule has 62 valence electrons. The van der Waals surface area contributed by atoms with Crippen LogP contribution in [0.15, 0.2) is 17.7 Å². The van der Waals surface area contributed by atoms with Crippen LogP contribution in [0.3, 0.4) is 0 Å². The van der Waals surface area contributed by atoms with Gasteiger partial charge in [-0.3, -0.25) is 6.08 Å². The maximum atomic E-state index is 3.11. The predicted molar refractivity (Wildman–Crippen MR) is 37.2 cm³/mol. The third kappa shape index (κ3) is 8.68. The quantitative estimate of drug-likeness (QED) is 0.322. The molecule has 3 heteroatoms. The van der Waals surface area contributed by atoms with Gasteiger partial charge in [0.1, 0.15) is 0 Å². The zero-order valence-corrected chi connectivity index (χ0v) is 9.90. The summed E-state index contributed by atoms with van der Waals surface area (Å²) < 4.78 is 0. The second-order valence-electron chi connectivity index (χ2n) is 1.69. The van der Waals surface area contributed by atoms with E-state index in [4.69, 9.17) is 0 Å². The van der Waals surface area contributed by atoms with Crippen LogP contribution in [-0.2, 0) is 21.7 Å². The first-order chi connectivity index (χ1) is 3.43. The molecule has 0 nitrogen and oxygen atoms in total. The Morgan fingerprint density at radius 3 is 2.18 bits per heavy atom. The molecule has 0 radical (unpaired) electrons.